The molecule has 140 valence electrons. The molecule has 2 N–H and O–H groups in total. The fourth-order valence-electron chi connectivity index (χ4n) is 3.99. The average Bonchev–Trinajstić information content (AvgIpc) is 2.64. The molecule has 0 aliphatic heterocycles. The highest BCUT2D eigenvalue weighted by Crippen LogP contribution is 2.23. The summed E-state index contributed by atoms with van der Waals surface area (Å²) in [4.78, 5) is 12.6. The molecular formula is C23H32N2O. The number of nitrogens with one attached hydrogen (secondary N) is 2. The van der Waals surface area contributed by atoms with Gasteiger partial charge in [0.1, 0.15) is 0 Å². The lowest BCUT2D eigenvalue weighted by atomic mass is 9.98. The maximum atomic E-state index is 12.6. The van der Waals surface area contributed by atoms with Crippen LogP contribution in [0.5, 0.6) is 0 Å². The quantitative estimate of drug-likeness (QED) is 0.625. The third-order valence-electron chi connectivity index (χ3n) is 5.48. The first-order valence-corrected chi connectivity index (χ1v) is 10.4. The van der Waals surface area contributed by atoms with Crippen LogP contribution in [0.4, 0.5) is 10.5 Å². The summed E-state index contributed by atoms with van der Waals surface area (Å²) in [7, 11) is 0. The third kappa shape index (κ3) is 5.76. The van der Waals surface area contributed by atoms with Gasteiger partial charge in [-0.05, 0) is 24.3 Å². The zero-order chi connectivity index (χ0) is 18.0. The van der Waals surface area contributed by atoms with Gasteiger partial charge in [0, 0.05) is 11.4 Å². The molecule has 3 rings (SSSR count). The van der Waals surface area contributed by atoms with Crippen LogP contribution in [0.25, 0.3) is 10.8 Å². The standard InChI is InChI=1S/C23H32N2O/c26-23(25-22-18-12-14-19-13-10-11-17-21(19)22)24-20-15-8-6-4-2-1-3-5-7-9-16-20/h10-14,17-18,20H,1-9,15-16H2,(H2,24,25,26). The number of hydrogen-bond donors (Lipinski definition) is 2. The first kappa shape index (κ1) is 18.8. The lowest BCUT2D eigenvalue weighted by Crippen LogP contribution is -2.38. The second-order valence-electron chi connectivity index (χ2n) is 7.58. The molecule has 0 atom stereocenters. The summed E-state index contributed by atoms with van der Waals surface area (Å²) < 4.78 is 0. The van der Waals surface area contributed by atoms with Crippen LogP contribution in [0.3, 0.4) is 0 Å². The largest absolute Gasteiger partial charge is 0.335 e. The van der Waals surface area contributed by atoms with E-state index in [4.69, 9.17) is 0 Å². The molecule has 2 aromatic carbocycles. The van der Waals surface area contributed by atoms with Gasteiger partial charge < -0.3 is 10.6 Å². The summed E-state index contributed by atoms with van der Waals surface area (Å²) >= 11 is 0. The van der Waals surface area contributed by atoms with Crippen molar-refractivity contribution in [3.05, 3.63) is 42.5 Å². The Bertz CT molecular complexity index is 680. The molecule has 0 bridgehead atoms. The Kier molecular flexibility index (Phi) is 7.36. The molecular weight excluding hydrogens is 320 g/mol. The number of carbonyl (C=O) groups is 1. The summed E-state index contributed by atoms with van der Waals surface area (Å²) in [5, 5.41) is 8.54. The number of urea groups is 1. The molecule has 1 aliphatic carbocycles. The predicted molar refractivity (Wildman–Crippen MR) is 111 cm³/mol. The molecule has 1 aliphatic rings. The Morgan fingerprint density at radius 1 is 0.731 bits per heavy atom. The second kappa shape index (κ2) is 10.2. The van der Waals surface area contributed by atoms with Crippen LogP contribution in [0, 0.1) is 0 Å². The van der Waals surface area contributed by atoms with Crippen molar-refractivity contribution in [3.8, 4) is 0 Å². The molecule has 1 saturated carbocycles. The van der Waals surface area contributed by atoms with Crippen molar-refractivity contribution in [2.24, 2.45) is 0 Å². The van der Waals surface area contributed by atoms with Gasteiger partial charge in [0.15, 0.2) is 0 Å². The number of amides is 2. The molecule has 26 heavy (non-hydrogen) atoms. The topological polar surface area (TPSA) is 41.1 Å². The molecule has 0 unspecified atom stereocenters. The second-order valence-corrected chi connectivity index (χ2v) is 7.58. The van der Waals surface area contributed by atoms with E-state index in [1.807, 2.05) is 24.3 Å². The first-order chi connectivity index (χ1) is 12.8. The SMILES string of the molecule is O=C(Nc1cccc2ccccc12)NC1CCCCCCCCCCC1. The summed E-state index contributed by atoms with van der Waals surface area (Å²) in [6.45, 7) is 0. The van der Waals surface area contributed by atoms with Crippen molar-refractivity contribution in [3.63, 3.8) is 0 Å². The lowest BCUT2D eigenvalue weighted by Gasteiger charge is -2.20. The Balaban J connectivity index is 1.57. The monoisotopic (exact) mass is 352 g/mol. The molecule has 0 heterocycles. The zero-order valence-corrected chi connectivity index (χ0v) is 15.8. The fraction of sp³-hybridized carbons (Fsp3) is 0.522. The van der Waals surface area contributed by atoms with Crippen LogP contribution in [-0.4, -0.2) is 12.1 Å². The predicted octanol–water partition coefficient (Wildman–Crippen LogP) is 6.63. The summed E-state index contributed by atoms with van der Waals surface area (Å²) in [5.41, 5.74) is 0.883. The number of carbonyl (C=O) groups excluding carboxylic acids is 1. The highest BCUT2D eigenvalue weighted by molar-refractivity contribution is 6.01. The Hall–Kier alpha value is -2.03. The van der Waals surface area contributed by atoms with Crippen LogP contribution < -0.4 is 10.6 Å². The minimum absolute atomic E-state index is 0.0709. The van der Waals surface area contributed by atoms with E-state index in [1.165, 1.54) is 57.8 Å². The molecule has 0 aromatic heterocycles. The van der Waals surface area contributed by atoms with Gasteiger partial charge in [0.2, 0.25) is 0 Å². The maximum Gasteiger partial charge on any atom is 0.319 e. The van der Waals surface area contributed by atoms with Gasteiger partial charge >= 0.3 is 6.03 Å². The molecule has 0 saturated heterocycles. The molecule has 2 amide bonds. The van der Waals surface area contributed by atoms with Crippen molar-refractivity contribution in [1.29, 1.82) is 0 Å². The lowest BCUT2D eigenvalue weighted by molar-refractivity contribution is 0.246. The first-order valence-electron chi connectivity index (χ1n) is 10.4. The number of anilines is 1. The van der Waals surface area contributed by atoms with E-state index in [0.717, 1.165) is 29.3 Å². The smallest absolute Gasteiger partial charge is 0.319 e. The summed E-state index contributed by atoms with van der Waals surface area (Å²) in [6.07, 6.45) is 14.1. The Morgan fingerprint density at radius 3 is 2.00 bits per heavy atom. The number of hydrogen-bond acceptors (Lipinski definition) is 1. The van der Waals surface area contributed by atoms with Crippen LogP contribution in [-0.2, 0) is 0 Å². The van der Waals surface area contributed by atoms with Gasteiger partial charge in [0.05, 0.1) is 5.69 Å². The summed E-state index contributed by atoms with van der Waals surface area (Å²) in [6, 6.07) is 14.4. The third-order valence-corrected chi connectivity index (χ3v) is 5.48. The van der Waals surface area contributed by atoms with Crippen molar-refractivity contribution in [1.82, 2.24) is 5.32 Å². The van der Waals surface area contributed by atoms with Gasteiger partial charge in [-0.1, -0.05) is 94.2 Å². The number of rotatable bonds is 2. The maximum absolute atomic E-state index is 12.6. The van der Waals surface area contributed by atoms with Crippen LogP contribution >= 0.6 is 0 Å². The van der Waals surface area contributed by atoms with E-state index in [-0.39, 0.29) is 6.03 Å². The van der Waals surface area contributed by atoms with E-state index < -0.39 is 0 Å². The van der Waals surface area contributed by atoms with E-state index in [2.05, 4.69) is 28.8 Å². The normalized spacial score (nSPS) is 17.8. The minimum atomic E-state index is -0.0709. The van der Waals surface area contributed by atoms with E-state index >= 15 is 0 Å². The van der Waals surface area contributed by atoms with E-state index in [9.17, 15) is 4.79 Å². The van der Waals surface area contributed by atoms with Crippen LogP contribution in [0.2, 0.25) is 0 Å². The number of benzene rings is 2. The van der Waals surface area contributed by atoms with Gasteiger partial charge in [-0.25, -0.2) is 4.79 Å². The molecule has 3 heteroatoms. The van der Waals surface area contributed by atoms with Crippen molar-refractivity contribution in [2.75, 3.05) is 5.32 Å². The van der Waals surface area contributed by atoms with Crippen LogP contribution in [0.15, 0.2) is 42.5 Å². The zero-order valence-electron chi connectivity index (χ0n) is 15.8. The molecule has 3 nitrogen and oxygen atoms in total. The van der Waals surface area contributed by atoms with Crippen molar-refractivity contribution in [2.45, 2.75) is 76.7 Å². The highest BCUT2D eigenvalue weighted by Gasteiger charge is 2.13. The molecule has 0 spiro atoms. The molecule has 0 radical (unpaired) electrons. The fourth-order valence-corrected chi connectivity index (χ4v) is 3.99. The van der Waals surface area contributed by atoms with E-state index in [0.29, 0.717) is 6.04 Å². The van der Waals surface area contributed by atoms with Gasteiger partial charge in [-0.2, -0.15) is 0 Å². The average molecular weight is 353 g/mol. The van der Waals surface area contributed by atoms with Crippen molar-refractivity contribution < 1.29 is 4.79 Å². The molecule has 2 aromatic rings. The van der Waals surface area contributed by atoms with Gasteiger partial charge in [-0.3, -0.25) is 0 Å². The Morgan fingerprint density at radius 2 is 1.31 bits per heavy atom. The number of fused-ring (bicyclic) bond motifs is 1. The van der Waals surface area contributed by atoms with Gasteiger partial charge in [0.25, 0.3) is 0 Å². The summed E-state index contributed by atoms with van der Waals surface area (Å²) in [5.74, 6) is 0. The molecule has 1 fully saturated rings. The highest BCUT2D eigenvalue weighted by atomic mass is 16.2. The Labute approximate surface area is 157 Å². The van der Waals surface area contributed by atoms with E-state index in [1.54, 1.807) is 0 Å². The minimum Gasteiger partial charge on any atom is -0.335 e. The van der Waals surface area contributed by atoms with Crippen LogP contribution in [0.1, 0.15) is 70.6 Å². The van der Waals surface area contributed by atoms with Gasteiger partial charge in [-0.15, -0.1) is 0 Å². The van der Waals surface area contributed by atoms with Crippen molar-refractivity contribution >= 4 is 22.5 Å².